The van der Waals surface area contributed by atoms with Gasteiger partial charge in [-0.05, 0) is 35.6 Å². The van der Waals surface area contributed by atoms with E-state index in [4.69, 9.17) is 11.6 Å². The van der Waals surface area contributed by atoms with Crippen LogP contribution in [0.5, 0.6) is 0 Å². The number of Topliss-reactive ketones (excluding diaryl/α,β-unsaturated/α-hetero) is 1. The summed E-state index contributed by atoms with van der Waals surface area (Å²) < 4.78 is 0. The van der Waals surface area contributed by atoms with Gasteiger partial charge in [-0.1, -0.05) is 24.6 Å². The summed E-state index contributed by atoms with van der Waals surface area (Å²) in [5, 5.41) is 0.727. The van der Waals surface area contributed by atoms with Gasteiger partial charge < -0.3 is 0 Å². The van der Waals surface area contributed by atoms with Crippen molar-refractivity contribution in [3.63, 3.8) is 0 Å². The normalized spacial score (nSPS) is 21.6. The van der Waals surface area contributed by atoms with E-state index >= 15 is 0 Å². The number of halogens is 1. The van der Waals surface area contributed by atoms with Crippen LogP contribution in [0, 0.1) is 0 Å². The number of ketones is 1. The molecule has 0 fully saturated rings. The summed E-state index contributed by atoms with van der Waals surface area (Å²) in [4.78, 5) is 11.5. The lowest BCUT2D eigenvalue weighted by atomic mass is 9.95. The lowest BCUT2D eigenvalue weighted by Crippen LogP contribution is -1.99. The molecular formula is C12H13ClO. The zero-order valence-corrected chi connectivity index (χ0v) is 8.97. The molecule has 1 aliphatic carbocycles. The molecule has 0 N–H and O–H groups in total. The van der Waals surface area contributed by atoms with Gasteiger partial charge in [-0.15, -0.1) is 0 Å². The molecule has 0 saturated heterocycles. The molecule has 1 aromatic carbocycles. The van der Waals surface area contributed by atoms with Gasteiger partial charge in [0.25, 0.3) is 0 Å². The Hall–Kier alpha value is -0.820. The third-order valence-corrected chi connectivity index (χ3v) is 3.11. The summed E-state index contributed by atoms with van der Waals surface area (Å²) in [6.45, 7) is 2.17. The van der Waals surface area contributed by atoms with E-state index in [2.05, 4.69) is 13.0 Å². The van der Waals surface area contributed by atoms with Gasteiger partial charge in [-0.25, -0.2) is 0 Å². The quantitative estimate of drug-likeness (QED) is 0.598. The zero-order valence-electron chi connectivity index (χ0n) is 8.22. The summed E-state index contributed by atoms with van der Waals surface area (Å²) >= 11 is 5.91. The maximum atomic E-state index is 11.5. The standard InChI is InChI=1S/C12H13ClO/c1-8-2-4-11(14)7-9-6-10(13)3-5-12(8)9/h3,5-6,8H,2,4,7H2,1H3. The summed E-state index contributed by atoms with van der Waals surface area (Å²) in [5.41, 5.74) is 2.41. The van der Waals surface area contributed by atoms with Crippen molar-refractivity contribution in [1.29, 1.82) is 0 Å². The topological polar surface area (TPSA) is 17.1 Å². The predicted molar refractivity (Wildman–Crippen MR) is 57.8 cm³/mol. The maximum Gasteiger partial charge on any atom is 0.137 e. The van der Waals surface area contributed by atoms with Crippen molar-refractivity contribution in [3.8, 4) is 0 Å². The number of benzene rings is 1. The monoisotopic (exact) mass is 208 g/mol. The van der Waals surface area contributed by atoms with Crippen molar-refractivity contribution in [2.45, 2.75) is 32.1 Å². The van der Waals surface area contributed by atoms with E-state index in [0.29, 0.717) is 24.5 Å². The Morgan fingerprint density at radius 2 is 2.21 bits per heavy atom. The molecule has 1 aliphatic rings. The number of rotatable bonds is 0. The van der Waals surface area contributed by atoms with E-state index in [1.54, 1.807) is 0 Å². The molecule has 1 aromatic rings. The highest BCUT2D eigenvalue weighted by Gasteiger charge is 2.18. The highest BCUT2D eigenvalue weighted by molar-refractivity contribution is 6.30. The Balaban J connectivity index is 2.46. The molecule has 0 spiro atoms. The van der Waals surface area contributed by atoms with Crippen LogP contribution in [0.1, 0.15) is 36.8 Å². The molecule has 0 radical (unpaired) electrons. The molecule has 14 heavy (non-hydrogen) atoms. The molecule has 0 aromatic heterocycles. The SMILES string of the molecule is CC1CCC(=O)Cc2cc(Cl)ccc21. The molecule has 2 rings (SSSR count). The first-order chi connectivity index (χ1) is 6.66. The van der Waals surface area contributed by atoms with E-state index in [9.17, 15) is 4.79 Å². The third-order valence-electron chi connectivity index (χ3n) is 2.88. The third kappa shape index (κ3) is 1.83. The second-order valence-corrected chi connectivity index (χ2v) is 4.43. The second kappa shape index (κ2) is 3.74. The Bertz CT molecular complexity index is 371. The van der Waals surface area contributed by atoms with Gasteiger partial charge in [0.05, 0.1) is 0 Å². The molecule has 0 saturated carbocycles. The predicted octanol–water partition coefficient (Wildman–Crippen LogP) is 3.35. The van der Waals surface area contributed by atoms with E-state index in [1.807, 2.05) is 12.1 Å². The highest BCUT2D eigenvalue weighted by Crippen LogP contribution is 2.30. The summed E-state index contributed by atoms with van der Waals surface area (Å²) in [6.07, 6.45) is 2.22. The van der Waals surface area contributed by atoms with Crippen LogP contribution in [0.2, 0.25) is 5.02 Å². The number of carbonyl (C=O) groups is 1. The molecule has 1 nitrogen and oxygen atoms in total. The Morgan fingerprint density at radius 3 is 3.00 bits per heavy atom. The zero-order chi connectivity index (χ0) is 10.1. The largest absolute Gasteiger partial charge is 0.299 e. The van der Waals surface area contributed by atoms with Crippen LogP contribution in [-0.2, 0) is 11.2 Å². The summed E-state index contributed by atoms with van der Waals surface area (Å²) in [7, 11) is 0. The summed E-state index contributed by atoms with van der Waals surface area (Å²) in [6, 6.07) is 5.89. The van der Waals surface area contributed by atoms with E-state index < -0.39 is 0 Å². The summed E-state index contributed by atoms with van der Waals surface area (Å²) in [5.74, 6) is 0.812. The second-order valence-electron chi connectivity index (χ2n) is 4.00. The average molecular weight is 209 g/mol. The number of fused-ring (bicyclic) bond motifs is 1. The fourth-order valence-electron chi connectivity index (χ4n) is 2.04. The van der Waals surface area contributed by atoms with Crippen LogP contribution in [0.25, 0.3) is 0 Å². The van der Waals surface area contributed by atoms with Gasteiger partial charge in [0.15, 0.2) is 0 Å². The van der Waals surface area contributed by atoms with Crippen molar-refractivity contribution in [1.82, 2.24) is 0 Å². The molecule has 0 heterocycles. The molecule has 74 valence electrons. The van der Waals surface area contributed by atoms with Gasteiger partial charge in [-0.2, -0.15) is 0 Å². The molecular weight excluding hydrogens is 196 g/mol. The minimum atomic E-state index is 0.331. The van der Waals surface area contributed by atoms with Crippen LogP contribution >= 0.6 is 11.6 Å². The Kier molecular flexibility index (Phi) is 2.60. The first kappa shape index (κ1) is 9.72. The molecule has 2 heteroatoms. The fourth-order valence-corrected chi connectivity index (χ4v) is 2.24. The number of carbonyl (C=O) groups excluding carboxylic acids is 1. The smallest absolute Gasteiger partial charge is 0.137 e. The van der Waals surface area contributed by atoms with Gasteiger partial charge in [0.1, 0.15) is 5.78 Å². The number of hydrogen-bond acceptors (Lipinski definition) is 1. The fraction of sp³-hybridized carbons (Fsp3) is 0.417. The lowest BCUT2D eigenvalue weighted by Gasteiger charge is -2.11. The molecule has 1 unspecified atom stereocenters. The average Bonchev–Trinajstić information content (AvgIpc) is 2.26. The van der Waals surface area contributed by atoms with Crippen molar-refractivity contribution in [2.75, 3.05) is 0 Å². The minimum absolute atomic E-state index is 0.331. The minimum Gasteiger partial charge on any atom is -0.299 e. The molecule has 0 aliphatic heterocycles. The first-order valence-electron chi connectivity index (χ1n) is 4.97. The van der Waals surface area contributed by atoms with Crippen molar-refractivity contribution < 1.29 is 4.79 Å². The highest BCUT2D eigenvalue weighted by atomic mass is 35.5. The van der Waals surface area contributed by atoms with Crippen molar-refractivity contribution >= 4 is 17.4 Å². The molecule has 0 amide bonds. The van der Waals surface area contributed by atoms with Crippen LogP contribution in [0.15, 0.2) is 18.2 Å². The molecule has 1 atom stereocenters. The van der Waals surface area contributed by atoms with Gasteiger partial charge in [0.2, 0.25) is 0 Å². The lowest BCUT2D eigenvalue weighted by molar-refractivity contribution is -0.118. The van der Waals surface area contributed by atoms with Crippen LogP contribution in [0.4, 0.5) is 0 Å². The van der Waals surface area contributed by atoms with Crippen LogP contribution < -0.4 is 0 Å². The van der Waals surface area contributed by atoms with E-state index in [1.165, 1.54) is 5.56 Å². The Labute approximate surface area is 89.1 Å². The van der Waals surface area contributed by atoms with Crippen molar-refractivity contribution in [2.24, 2.45) is 0 Å². The number of hydrogen-bond donors (Lipinski definition) is 0. The van der Waals surface area contributed by atoms with E-state index in [0.717, 1.165) is 17.0 Å². The van der Waals surface area contributed by atoms with Crippen LogP contribution in [0.3, 0.4) is 0 Å². The van der Waals surface area contributed by atoms with Crippen LogP contribution in [-0.4, -0.2) is 5.78 Å². The van der Waals surface area contributed by atoms with Gasteiger partial charge >= 0.3 is 0 Å². The first-order valence-corrected chi connectivity index (χ1v) is 5.34. The molecule has 0 bridgehead atoms. The Morgan fingerprint density at radius 1 is 1.43 bits per heavy atom. The van der Waals surface area contributed by atoms with Crippen molar-refractivity contribution in [3.05, 3.63) is 34.3 Å². The van der Waals surface area contributed by atoms with Gasteiger partial charge in [0, 0.05) is 17.9 Å². The maximum absolute atomic E-state index is 11.5. The van der Waals surface area contributed by atoms with Gasteiger partial charge in [-0.3, -0.25) is 4.79 Å². The van der Waals surface area contributed by atoms with E-state index in [-0.39, 0.29) is 0 Å².